The molecule has 2 N–H and O–H groups in total. The van der Waals surface area contributed by atoms with Crippen LogP contribution in [0.5, 0.6) is 0 Å². The molecular formula is C13H13BrFN3O. The maximum absolute atomic E-state index is 13.4. The molecule has 1 heterocycles. The number of rotatable bonds is 4. The van der Waals surface area contributed by atoms with Crippen LogP contribution < -0.4 is 5.73 Å². The fourth-order valence-corrected chi connectivity index (χ4v) is 2.17. The predicted octanol–water partition coefficient (Wildman–Crippen LogP) is 2.13. The number of Topliss-reactive ketones (excluding diaryl/α,β-unsaturated/α-hetero) is 1. The van der Waals surface area contributed by atoms with Crippen LogP contribution in [0.3, 0.4) is 0 Å². The largest absolute Gasteiger partial charge is 0.318 e. The van der Waals surface area contributed by atoms with Gasteiger partial charge in [0.25, 0.3) is 0 Å². The fourth-order valence-electron chi connectivity index (χ4n) is 1.77. The van der Waals surface area contributed by atoms with E-state index in [1.807, 2.05) is 0 Å². The SMILES string of the molecule is Cn1cc(C(N)C(=O)Cc2cccc(F)c2Br)cn1. The summed E-state index contributed by atoms with van der Waals surface area (Å²) in [5.41, 5.74) is 7.12. The highest BCUT2D eigenvalue weighted by Crippen LogP contribution is 2.22. The third-order valence-corrected chi connectivity index (χ3v) is 3.72. The van der Waals surface area contributed by atoms with Gasteiger partial charge in [0.05, 0.1) is 16.7 Å². The van der Waals surface area contributed by atoms with Gasteiger partial charge >= 0.3 is 0 Å². The van der Waals surface area contributed by atoms with Crippen molar-refractivity contribution in [1.82, 2.24) is 9.78 Å². The lowest BCUT2D eigenvalue weighted by Gasteiger charge is -2.09. The van der Waals surface area contributed by atoms with E-state index in [0.29, 0.717) is 15.6 Å². The molecule has 19 heavy (non-hydrogen) atoms. The van der Waals surface area contributed by atoms with E-state index in [9.17, 15) is 9.18 Å². The first kappa shape index (κ1) is 13.9. The van der Waals surface area contributed by atoms with Gasteiger partial charge in [-0.1, -0.05) is 12.1 Å². The summed E-state index contributed by atoms with van der Waals surface area (Å²) in [6, 6.07) is 3.85. The zero-order chi connectivity index (χ0) is 14.0. The second-order valence-corrected chi connectivity index (χ2v) is 5.07. The van der Waals surface area contributed by atoms with Crippen molar-refractivity contribution in [3.05, 3.63) is 52.0 Å². The van der Waals surface area contributed by atoms with Gasteiger partial charge in [-0.3, -0.25) is 9.48 Å². The van der Waals surface area contributed by atoms with Gasteiger partial charge in [0, 0.05) is 25.2 Å². The zero-order valence-electron chi connectivity index (χ0n) is 10.3. The Bertz CT molecular complexity index is 612. The number of aromatic nitrogens is 2. The standard InChI is InChI=1S/C13H13BrFN3O/c1-18-7-9(6-17-18)13(16)11(19)5-8-3-2-4-10(15)12(8)14/h2-4,6-7,13H,5,16H2,1H3. The van der Waals surface area contributed by atoms with Gasteiger partial charge in [0.2, 0.25) is 0 Å². The van der Waals surface area contributed by atoms with E-state index in [1.165, 1.54) is 6.07 Å². The molecule has 0 saturated carbocycles. The molecule has 0 aliphatic rings. The number of hydrogen-bond donors (Lipinski definition) is 1. The van der Waals surface area contributed by atoms with Gasteiger partial charge in [-0.15, -0.1) is 0 Å². The van der Waals surface area contributed by atoms with Crippen LogP contribution in [0.15, 0.2) is 35.1 Å². The van der Waals surface area contributed by atoms with Crippen molar-refractivity contribution < 1.29 is 9.18 Å². The molecular weight excluding hydrogens is 313 g/mol. The molecule has 0 aliphatic heterocycles. The quantitative estimate of drug-likeness (QED) is 0.936. The van der Waals surface area contributed by atoms with Crippen molar-refractivity contribution in [3.8, 4) is 0 Å². The maximum atomic E-state index is 13.4. The van der Waals surface area contributed by atoms with Crippen LogP contribution in [0.1, 0.15) is 17.2 Å². The molecule has 2 rings (SSSR count). The molecule has 0 saturated heterocycles. The van der Waals surface area contributed by atoms with Crippen molar-refractivity contribution in [2.75, 3.05) is 0 Å². The zero-order valence-corrected chi connectivity index (χ0v) is 11.9. The summed E-state index contributed by atoms with van der Waals surface area (Å²) >= 11 is 3.13. The lowest BCUT2D eigenvalue weighted by Crippen LogP contribution is -2.23. The lowest BCUT2D eigenvalue weighted by atomic mass is 10.0. The van der Waals surface area contributed by atoms with E-state index in [-0.39, 0.29) is 18.0 Å². The van der Waals surface area contributed by atoms with Crippen molar-refractivity contribution in [2.45, 2.75) is 12.5 Å². The molecule has 0 bridgehead atoms. The highest BCUT2D eigenvalue weighted by molar-refractivity contribution is 9.10. The van der Waals surface area contributed by atoms with E-state index in [1.54, 1.807) is 36.3 Å². The monoisotopic (exact) mass is 325 g/mol. The molecule has 4 nitrogen and oxygen atoms in total. The topological polar surface area (TPSA) is 60.9 Å². The minimum Gasteiger partial charge on any atom is -0.318 e. The van der Waals surface area contributed by atoms with Gasteiger partial charge in [-0.2, -0.15) is 5.10 Å². The summed E-state index contributed by atoms with van der Waals surface area (Å²) in [7, 11) is 1.75. The number of nitrogens with zero attached hydrogens (tertiary/aromatic N) is 2. The van der Waals surface area contributed by atoms with E-state index < -0.39 is 6.04 Å². The number of aryl methyl sites for hydroxylation is 1. The molecule has 2 aromatic rings. The average molecular weight is 326 g/mol. The van der Waals surface area contributed by atoms with Gasteiger partial charge in [-0.05, 0) is 27.6 Å². The molecule has 1 aromatic heterocycles. The Morgan fingerprint density at radius 3 is 2.95 bits per heavy atom. The summed E-state index contributed by atoms with van der Waals surface area (Å²) in [4.78, 5) is 12.1. The maximum Gasteiger partial charge on any atom is 0.158 e. The third-order valence-electron chi connectivity index (χ3n) is 2.83. The summed E-state index contributed by atoms with van der Waals surface area (Å²) in [6.07, 6.45) is 3.33. The minimum absolute atomic E-state index is 0.0778. The number of benzene rings is 1. The first-order valence-electron chi connectivity index (χ1n) is 5.68. The molecule has 0 aliphatic carbocycles. The predicted molar refractivity (Wildman–Crippen MR) is 72.9 cm³/mol. The van der Waals surface area contributed by atoms with Crippen LogP contribution in [0.4, 0.5) is 4.39 Å². The van der Waals surface area contributed by atoms with Crippen LogP contribution in [0, 0.1) is 5.82 Å². The van der Waals surface area contributed by atoms with Gasteiger partial charge < -0.3 is 5.73 Å². The number of carbonyl (C=O) groups excluding carboxylic acids is 1. The minimum atomic E-state index is -0.746. The van der Waals surface area contributed by atoms with E-state index in [0.717, 1.165) is 0 Å². The number of nitrogens with two attached hydrogens (primary N) is 1. The van der Waals surface area contributed by atoms with E-state index in [2.05, 4.69) is 21.0 Å². The molecule has 0 fully saturated rings. The molecule has 0 spiro atoms. The van der Waals surface area contributed by atoms with Gasteiger partial charge in [0.15, 0.2) is 5.78 Å². The second kappa shape index (κ2) is 5.63. The highest BCUT2D eigenvalue weighted by Gasteiger charge is 2.19. The summed E-state index contributed by atoms with van der Waals surface area (Å²) < 4.78 is 15.2. The van der Waals surface area contributed by atoms with Crippen LogP contribution in [0.25, 0.3) is 0 Å². The number of ketones is 1. The summed E-state index contributed by atoms with van der Waals surface area (Å²) in [5, 5.41) is 3.97. The summed E-state index contributed by atoms with van der Waals surface area (Å²) in [5.74, 6) is -0.570. The fraction of sp³-hybridized carbons (Fsp3) is 0.231. The second-order valence-electron chi connectivity index (χ2n) is 4.28. The first-order valence-corrected chi connectivity index (χ1v) is 6.48. The van der Waals surface area contributed by atoms with E-state index in [4.69, 9.17) is 5.73 Å². The Balaban J connectivity index is 2.15. The Hall–Kier alpha value is -1.53. The van der Waals surface area contributed by atoms with Crippen LogP contribution in [0.2, 0.25) is 0 Å². The van der Waals surface area contributed by atoms with Gasteiger partial charge in [-0.25, -0.2) is 4.39 Å². The smallest absolute Gasteiger partial charge is 0.158 e. The van der Waals surface area contributed by atoms with Crippen molar-refractivity contribution in [3.63, 3.8) is 0 Å². The Labute approximate surface area is 118 Å². The normalized spacial score (nSPS) is 12.4. The molecule has 1 atom stereocenters. The highest BCUT2D eigenvalue weighted by atomic mass is 79.9. The number of halogens is 2. The van der Waals surface area contributed by atoms with Crippen LogP contribution in [-0.2, 0) is 18.3 Å². The third kappa shape index (κ3) is 3.08. The Morgan fingerprint density at radius 1 is 1.58 bits per heavy atom. The molecule has 0 radical (unpaired) electrons. The van der Waals surface area contributed by atoms with Gasteiger partial charge in [0.1, 0.15) is 5.82 Å². The average Bonchev–Trinajstić information content (AvgIpc) is 2.80. The van der Waals surface area contributed by atoms with Crippen LogP contribution >= 0.6 is 15.9 Å². The Morgan fingerprint density at radius 2 is 2.32 bits per heavy atom. The summed E-state index contributed by atoms with van der Waals surface area (Å²) in [6.45, 7) is 0. The number of hydrogen-bond acceptors (Lipinski definition) is 3. The molecule has 1 aromatic carbocycles. The molecule has 100 valence electrons. The van der Waals surface area contributed by atoms with Crippen molar-refractivity contribution in [1.29, 1.82) is 0 Å². The first-order chi connectivity index (χ1) is 8.99. The molecule has 0 amide bonds. The van der Waals surface area contributed by atoms with Crippen molar-refractivity contribution >= 4 is 21.7 Å². The molecule has 6 heteroatoms. The van der Waals surface area contributed by atoms with Crippen LogP contribution in [-0.4, -0.2) is 15.6 Å². The van der Waals surface area contributed by atoms with E-state index >= 15 is 0 Å². The lowest BCUT2D eigenvalue weighted by molar-refractivity contribution is -0.119. The Kier molecular flexibility index (Phi) is 4.11. The molecule has 1 unspecified atom stereocenters. The van der Waals surface area contributed by atoms with Crippen molar-refractivity contribution in [2.24, 2.45) is 12.8 Å². The number of carbonyl (C=O) groups is 1.